The van der Waals surface area contributed by atoms with Crippen LogP contribution in [0.5, 0.6) is 11.5 Å². The number of hydrogen-bond acceptors (Lipinski definition) is 7. The van der Waals surface area contributed by atoms with Gasteiger partial charge in [0, 0.05) is 55.4 Å². The normalized spacial score (nSPS) is 12.3. The largest absolute Gasteiger partial charge is 0.458 e. The van der Waals surface area contributed by atoms with Gasteiger partial charge in [-0.25, -0.2) is 29.9 Å². The molecule has 79 heavy (non-hydrogen) atoms. The summed E-state index contributed by atoms with van der Waals surface area (Å²) in [5, 5.41) is 2.08. The number of ether oxygens (including phenoxy) is 1. The predicted molar refractivity (Wildman–Crippen MR) is 321 cm³/mol. The van der Waals surface area contributed by atoms with Crippen molar-refractivity contribution in [1.82, 2.24) is 34.5 Å². The average Bonchev–Trinajstić information content (AvgIpc) is 3.76. The fourth-order valence-corrected chi connectivity index (χ4v) is 11.7. The van der Waals surface area contributed by atoms with Crippen molar-refractivity contribution in [2.45, 2.75) is 26.2 Å². The number of hydrogen-bond donors (Lipinski definition) is 0. The maximum Gasteiger partial charge on any atom is 0.256 e. The van der Waals surface area contributed by atoms with E-state index < -0.39 is 0 Å². The van der Waals surface area contributed by atoms with Crippen molar-refractivity contribution in [3.63, 3.8) is 0 Å². The summed E-state index contributed by atoms with van der Waals surface area (Å²) >= 11 is 0. The number of aromatic nitrogens is 7. The molecule has 0 saturated heterocycles. The summed E-state index contributed by atoms with van der Waals surface area (Å²) in [5.74, 6) is 5.23. The molecule has 0 fully saturated rings. The molecule has 372 valence electrons. The van der Waals surface area contributed by atoms with E-state index in [4.69, 9.17) is 34.6 Å². The standard InChI is InChI=1S/C70H48BN7O/c1-70(2,3)51-34-36-60-56(42-51)71-57-39-50(69-76-66(46-27-15-7-16-28-46)73-67(77-69)47-29-17-8-18-30-47)38-55-54-37-48(68-74-64(44-23-11-5-12-24-44)72-65(75-68)45-25-13-6-14-26-45)33-35-58(54)78(63(55)57)59-40-49(41-61(79-60)62(59)71)53-32-20-19-31-52(53)43-21-9-4-10-22-43/h4-42H,1-3H3. The van der Waals surface area contributed by atoms with E-state index in [9.17, 15) is 0 Å². The van der Waals surface area contributed by atoms with Crippen LogP contribution >= 0.6 is 0 Å². The molecule has 15 rings (SSSR count). The zero-order valence-corrected chi connectivity index (χ0v) is 43.6. The predicted octanol–water partition coefficient (Wildman–Crippen LogP) is 14.7. The Balaban J connectivity index is 1.05. The highest BCUT2D eigenvalue weighted by Gasteiger charge is 2.42. The number of nitrogens with zero attached hydrogens (tertiary/aromatic N) is 7. The number of rotatable bonds is 8. The van der Waals surface area contributed by atoms with E-state index >= 15 is 0 Å². The summed E-state index contributed by atoms with van der Waals surface area (Å²) < 4.78 is 9.72. The van der Waals surface area contributed by atoms with Crippen molar-refractivity contribution in [3.8, 4) is 108 Å². The zero-order chi connectivity index (χ0) is 52.8. The van der Waals surface area contributed by atoms with Crippen molar-refractivity contribution in [2.24, 2.45) is 0 Å². The molecule has 0 amide bonds. The van der Waals surface area contributed by atoms with Crippen LogP contribution in [0.4, 0.5) is 0 Å². The van der Waals surface area contributed by atoms with Crippen molar-refractivity contribution >= 4 is 44.9 Å². The lowest BCUT2D eigenvalue weighted by molar-refractivity contribution is 0.486. The molecule has 2 aliphatic heterocycles. The van der Waals surface area contributed by atoms with Gasteiger partial charge in [0.25, 0.3) is 6.71 Å². The molecular weight excluding hydrogens is 966 g/mol. The third kappa shape index (κ3) is 7.92. The monoisotopic (exact) mass is 1010 g/mol. The van der Waals surface area contributed by atoms with E-state index in [0.29, 0.717) is 34.9 Å². The molecule has 0 unspecified atom stereocenters. The summed E-state index contributed by atoms with van der Waals surface area (Å²) in [7, 11) is 0. The summed E-state index contributed by atoms with van der Waals surface area (Å²) in [4.78, 5) is 31.3. The minimum absolute atomic E-state index is 0.122. The Morgan fingerprint density at radius 2 is 0.810 bits per heavy atom. The first-order valence-corrected chi connectivity index (χ1v) is 26.8. The molecule has 0 N–H and O–H groups in total. The Hall–Kier alpha value is -10.1. The van der Waals surface area contributed by atoms with Crippen molar-refractivity contribution in [2.75, 3.05) is 0 Å². The minimum atomic E-state index is -0.220. The SMILES string of the molecule is CC(C)(C)c1ccc2c(c1)B1c3c(cc(-c4ccccc4-c4ccccc4)cc3-n3c4ccc(-c5nc(-c6ccccc6)nc(-c6ccccc6)n5)cc4c4cc(-c5nc(-c6ccccc6)nc(-c6ccccc6)n5)cc1c43)O2. The summed E-state index contributed by atoms with van der Waals surface area (Å²) in [6, 6.07) is 82.6. The minimum Gasteiger partial charge on any atom is -0.458 e. The van der Waals surface area contributed by atoms with E-state index in [1.165, 1.54) is 5.56 Å². The summed E-state index contributed by atoms with van der Waals surface area (Å²) in [6.45, 7) is 6.60. The van der Waals surface area contributed by atoms with Gasteiger partial charge in [0.05, 0.1) is 5.52 Å². The average molecular weight is 1010 g/mol. The van der Waals surface area contributed by atoms with Gasteiger partial charge in [-0.1, -0.05) is 215 Å². The molecule has 0 aliphatic carbocycles. The van der Waals surface area contributed by atoms with Crippen LogP contribution in [-0.2, 0) is 5.41 Å². The van der Waals surface area contributed by atoms with Crippen molar-refractivity contribution in [1.29, 1.82) is 0 Å². The number of fused-ring (bicyclic) bond motifs is 7. The second-order valence-electron chi connectivity index (χ2n) is 21.5. The summed E-state index contributed by atoms with van der Waals surface area (Å²) in [5.41, 5.74) is 17.5. The Bertz CT molecular complexity index is 4430. The second-order valence-corrected chi connectivity index (χ2v) is 21.5. The van der Waals surface area contributed by atoms with Crippen molar-refractivity contribution < 1.29 is 4.74 Å². The van der Waals surface area contributed by atoms with E-state index in [2.05, 4.69) is 165 Å². The van der Waals surface area contributed by atoms with Gasteiger partial charge in [-0.2, -0.15) is 0 Å². The molecule has 0 radical (unpaired) electrons. The molecular formula is C70H48BN7O. The van der Waals surface area contributed by atoms with Gasteiger partial charge in [0.2, 0.25) is 0 Å². The van der Waals surface area contributed by atoms with Crippen molar-refractivity contribution in [3.05, 3.63) is 242 Å². The quantitative estimate of drug-likeness (QED) is 0.140. The van der Waals surface area contributed by atoms with Crippen LogP contribution in [0, 0.1) is 0 Å². The Morgan fingerprint density at radius 3 is 1.33 bits per heavy atom. The molecule has 2 aliphatic rings. The van der Waals surface area contributed by atoms with Crippen LogP contribution in [-0.4, -0.2) is 41.2 Å². The lowest BCUT2D eigenvalue weighted by atomic mass is 9.34. The van der Waals surface area contributed by atoms with E-state index in [0.717, 1.165) is 111 Å². The van der Waals surface area contributed by atoms with Gasteiger partial charge >= 0.3 is 0 Å². The second kappa shape index (κ2) is 18.3. The Morgan fingerprint density at radius 1 is 0.354 bits per heavy atom. The summed E-state index contributed by atoms with van der Waals surface area (Å²) in [6.07, 6.45) is 0. The molecule has 0 spiro atoms. The third-order valence-corrected chi connectivity index (χ3v) is 15.5. The van der Waals surface area contributed by atoms with Crippen LogP contribution in [0.25, 0.3) is 118 Å². The smallest absolute Gasteiger partial charge is 0.256 e. The molecule has 8 nitrogen and oxygen atoms in total. The molecule has 0 atom stereocenters. The van der Waals surface area contributed by atoms with Gasteiger partial charge in [-0.15, -0.1) is 0 Å². The van der Waals surface area contributed by atoms with Crippen LogP contribution < -0.4 is 21.1 Å². The van der Waals surface area contributed by atoms with Crippen LogP contribution in [0.15, 0.2) is 237 Å². The highest BCUT2D eigenvalue weighted by atomic mass is 16.5. The molecule has 9 heteroatoms. The van der Waals surface area contributed by atoms with Gasteiger partial charge in [0.15, 0.2) is 34.9 Å². The highest BCUT2D eigenvalue weighted by Crippen LogP contribution is 2.44. The number of benzene rings is 10. The maximum atomic E-state index is 7.25. The molecule has 0 bridgehead atoms. The molecule has 3 aromatic heterocycles. The lowest BCUT2D eigenvalue weighted by Crippen LogP contribution is -2.58. The van der Waals surface area contributed by atoms with Gasteiger partial charge in [-0.05, 0) is 92.1 Å². The maximum absolute atomic E-state index is 7.25. The highest BCUT2D eigenvalue weighted by molar-refractivity contribution is 6.99. The molecule has 10 aromatic carbocycles. The van der Waals surface area contributed by atoms with Gasteiger partial charge in [-0.3, -0.25) is 0 Å². The van der Waals surface area contributed by atoms with Gasteiger partial charge < -0.3 is 9.30 Å². The van der Waals surface area contributed by atoms with Crippen LogP contribution in [0.1, 0.15) is 26.3 Å². The molecule has 13 aromatic rings. The fraction of sp³-hybridized carbons (Fsp3) is 0.0571. The topological polar surface area (TPSA) is 91.5 Å². The molecule has 5 heterocycles. The van der Waals surface area contributed by atoms with E-state index in [1.807, 2.05) is 97.1 Å². The Kier molecular flexibility index (Phi) is 10.7. The fourth-order valence-electron chi connectivity index (χ4n) is 11.7. The van der Waals surface area contributed by atoms with Crippen LogP contribution in [0.2, 0.25) is 0 Å². The third-order valence-electron chi connectivity index (χ3n) is 15.5. The van der Waals surface area contributed by atoms with Gasteiger partial charge in [0.1, 0.15) is 11.5 Å². The Labute approximate surface area is 457 Å². The first-order valence-electron chi connectivity index (χ1n) is 26.8. The van der Waals surface area contributed by atoms with E-state index in [1.54, 1.807) is 0 Å². The molecule has 0 saturated carbocycles. The first-order chi connectivity index (χ1) is 38.8. The lowest BCUT2D eigenvalue weighted by Gasteiger charge is -2.35. The first kappa shape index (κ1) is 46.2. The zero-order valence-electron chi connectivity index (χ0n) is 43.6. The van der Waals surface area contributed by atoms with E-state index in [-0.39, 0.29) is 12.1 Å². The van der Waals surface area contributed by atoms with Crippen LogP contribution in [0.3, 0.4) is 0 Å².